The highest BCUT2D eigenvalue weighted by molar-refractivity contribution is 5.95. The highest BCUT2D eigenvalue weighted by Gasteiger charge is 2.19. The number of nitrogens with zero attached hydrogens (tertiary/aromatic N) is 3. The fraction of sp³-hybridized carbons (Fsp3) is 0.500. The van der Waals surface area contributed by atoms with E-state index in [1.807, 2.05) is 20.8 Å². The van der Waals surface area contributed by atoms with E-state index in [2.05, 4.69) is 35.2 Å². The summed E-state index contributed by atoms with van der Waals surface area (Å²) in [6, 6.07) is 5.11. The number of methoxy groups -OCH3 is 1. The van der Waals surface area contributed by atoms with Crippen LogP contribution in [0.25, 0.3) is 22.4 Å². The molecule has 9 nitrogen and oxygen atoms in total. The second-order valence-electron chi connectivity index (χ2n) is 8.84. The van der Waals surface area contributed by atoms with Crippen molar-refractivity contribution >= 4 is 22.8 Å². The zero-order valence-electron chi connectivity index (χ0n) is 24.6. The van der Waals surface area contributed by atoms with E-state index >= 15 is 0 Å². The zero-order chi connectivity index (χ0) is 29.4. The number of ether oxygens (including phenoxy) is 2. The van der Waals surface area contributed by atoms with Crippen molar-refractivity contribution < 1.29 is 19.1 Å². The third kappa shape index (κ3) is 9.81. The van der Waals surface area contributed by atoms with Crippen molar-refractivity contribution in [3.8, 4) is 17.1 Å². The van der Waals surface area contributed by atoms with Gasteiger partial charge in [-0.2, -0.15) is 5.10 Å². The molecule has 39 heavy (non-hydrogen) atoms. The summed E-state index contributed by atoms with van der Waals surface area (Å²) in [6.07, 6.45) is 6.51. The van der Waals surface area contributed by atoms with Gasteiger partial charge in [0, 0.05) is 18.5 Å². The number of aromatic amines is 1. The number of hydrogen-bond donors (Lipinski definition) is 1. The van der Waals surface area contributed by atoms with Crippen LogP contribution in [0, 0.1) is 0 Å². The first-order chi connectivity index (χ1) is 18.7. The first-order valence-corrected chi connectivity index (χ1v) is 13.6. The lowest BCUT2D eigenvalue weighted by Gasteiger charge is -2.12. The number of hydrogen-bond acceptors (Lipinski definition) is 7. The van der Waals surface area contributed by atoms with Gasteiger partial charge < -0.3 is 14.5 Å². The van der Waals surface area contributed by atoms with Gasteiger partial charge in [0.15, 0.2) is 11.3 Å². The summed E-state index contributed by atoms with van der Waals surface area (Å²) in [5.74, 6) is 0.462. The molecule has 0 saturated carbocycles. The molecule has 1 N–H and O–H groups in total. The molecule has 0 unspecified atom stereocenters. The normalized spacial score (nSPS) is 10.1. The number of allylic oxidation sites excluding steroid dienone is 1. The maximum atomic E-state index is 13.1. The van der Waals surface area contributed by atoms with E-state index in [0.717, 1.165) is 6.42 Å². The standard InChI is InChI=1S/C23H28N4O5.C4H10.C3H6/c1-5-12-32-18-10-9-15(14(3)28)13-16(18)22-24-20-17(6-2)26-27(21(20)23(30)25-22)11-7-8-19(29)31-4;1-3-4-2;1-3-2/h9-10,13H,5-8,11-12H2,1-4H3,(H,24,25,30);3-4H2,1-2H3;3H,1H2,2H3. The van der Waals surface area contributed by atoms with Crippen molar-refractivity contribution in [1.82, 2.24) is 19.7 Å². The number of esters is 1. The molecule has 2 aromatic heterocycles. The Labute approximate surface area is 231 Å². The van der Waals surface area contributed by atoms with E-state index in [1.165, 1.54) is 26.9 Å². The molecule has 0 saturated heterocycles. The molecule has 3 rings (SSSR count). The molecule has 0 aliphatic heterocycles. The van der Waals surface area contributed by atoms with Crippen LogP contribution in [0.15, 0.2) is 35.6 Å². The summed E-state index contributed by atoms with van der Waals surface area (Å²) in [5.41, 5.74) is 2.24. The lowest BCUT2D eigenvalue weighted by Crippen LogP contribution is -2.15. The molecule has 0 aliphatic rings. The average Bonchev–Trinajstić information content (AvgIpc) is 3.30. The SMILES string of the molecule is C=CC.CCCC.CCCOc1ccc(C(C)=O)cc1-c1nc2c(CC)nn(CCCC(=O)OC)c2c(=O)[nH]1. The smallest absolute Gasteiger partial charge is 0.305 e. The van der Waals surface area contributed by atoms with Gasteiger partial charge in [0.25, 0.3) is 5.56 Å². The van der Waals surface area contributed by atoms with Gasteiger partial charge in [-0.1, -0.05) is 46.6 Å². The predicted octanol–water partition coefficient (Wildman–Crippen LogP) is 6.29. The minimum atomic E-state index is -0.343. The molecule has 0 spiro atoms. The van der Waals surface area contributed by atoms with E-state index in [4.69, 9.17) is 9.72 Å². The molecule has 0 atom stereocenters. The van der Waals surface area contributed by atoms with Gasteiger partial charge in [-0.25, -0.2) is 4.98 Å². The summed E-state index contributed by atoms with van der Waals surface area (Å²) in [7, 11) is 1.34. The molecule has 0 amide bonds. The summed E-state index contributed by atoms with van der Waals surface area (Å²) in [6.45, 7) is 15.9. The van der Waals surface area contributed by atoms with Crippen LogP contribution in [0.4, 0.5) is 0 Å². The Balaban J connectivity index is 0.000000975. The summed E-state index contributed by atoms with van der Waals surface area (Å²) in [5, 5.41) is 4.54. The van der Waals surface area contributed by atoms with Crippen LogP contribution < -0.4 is 10.3 Å². The first kappa shape index (κ1) is 33.3. The molecular formula is C30H44N4O5. The summed E-state index contributed by atoms with van der Waals surface area (Å²) < 4.78 is 12.1. The Morgan fingerprint density at radius 2 is 1.79 bits per heavy atom. The number of nitrogens with one attached hydrogen (secondary N) is 1. The van der Waals surface area contributed by atoms with Gasteiger partial charge in [0.2, 0.25) is 0 Å². The van der Waals surface area contributed by atoms with E-state index in [9.17, 15) is 14.4 Å². The molecule has 0 aliphatic carbocycles. The molecule has 0 bridgehead atoms. The molecule has 9 heteroatoms. The highest BCUT2D eigenvalue weighted by Crippen LogP contribution is 2.30. The van der Waals surface area contributed by atoms with Crippen LogP contribution in [-0.4, -0.2) is 45.2 Å². The molecule has 0 radical (unpaired) electrons. The largest absolute Gasteiger partial charge is 0.493 e. The second kappa shape index (κ2) is 17.7. The predicted molar refractivity (Wildman–Crippen MR) is 156 cm³/mol. The number of fused-ring (bicyclic) bond motifs is 1. The Bertz CT molecular complexity index is 1270. The van der Waals surface area contributed by atoms with Gasteiger partial charge in [-0.3, -0.25) is 19.1 Å². The first-order valence-electron chi connectivity index (χ1n) is 13.6. The van der Waals surface area contributed by atoms with Gasteiger partial charge in [0.1, 0.15) is 17.1 Å². The van der Waals surface area contributed by atoms with Crippen LogP contribution >= 0.6 is 0 Å². The summed E-state index contributed by atoms with van der Waals surface area (Å²) in [4.78, 5) is 43.9. The molecule has 2 heterocycles. The van der Waals surface area contributed by atoms with Gasteiger partial charge in [-0.05, 0) is 51.3 Å². The van der Waals surface area contributed by atoms with Gasteiger partial charge >= 0.3 is 5.97 Å². The minimum absolute atomic E-state index is 0.0932. The number of carbonyl (C=O) groups is 2. The Hall–Kier alpha value is -3.75. The van der Waals surface area contributed by atoms with Gasteiger partial charge in [0.05, 0.1) is 25.0 Å². The van der Waals surface area contributed by atoms with E-state index in [1.54, 1.807) is 29.0 Å². The van der Waals surface area contributed by atoms with Crippen LogP contribution in [-0.2, 0) is 22.5 Å². The third-order valence-electron chi connectivity index (χ3n) is 5.58. The van der Waals surface area contributed by atoms with E-state index in [0.29, 0.717) is 65.4 Å². The highest BCUT2D eigenvalue weighted by atomic mass is 16.5. The van der Waals surface area contributed by atoms with Crippen LogP contribution in [0.2, 0.25) is 0 Å². The molecule has 1 aromatic carbocycles. The lowest BCUT2D eigenvalue weighted by atomic mass is 10.1. The maximum absolute atomic E-state index is 13.1. The fourth-order valence-electron chi connectivity index (χ4n) is 3.43. The van der Waals surface area contributed by atoms with Crippen molar-refractivity contribution in [3.63, 3.8) is 0 Å². The molecule has 214 valence electrons. The maximum Gasteiger partial charge on any atom is 0.305 e. The van der Waals surface area contributed by atoms with Crippen molar-refractivity contribution in [3.05, 3.63) is 52.5 Å². The Kier molecular flexibility index (Phi) is 15.1. The number of ketones is 1. The topological polar surface area (TPSA) is 116 Å². The third-order valence-corrected chi connectivity index (χ3v) is 5.58. The lowest BCUT2D eigenvalue weighted by molar-refractivity contribution is -0.140. The average molecular weight is 541 g/mol. The Morgan fingerprint density at radius 3 is 2.33 bits per heavy atom. The van der Waals surface area contributed by atoms with Crippen molar-refractivity contribution in [1.29, 1.82) is 0 Å². The number of aryl methyl sites for hydroxylation is 2. The van der Waals surface area contributed by atoms with E-state index in [-0.39, 0.29) is 23.7 Å². The quantitative estimate of drug-likeness (QED) is 0.172. The number of rotatable bonds is 11. The van der Waals surface area contributed by atoms with Gasteiger partial charge in [-0.15, -0.1) is 6.58 Å². The van der Waals surface area contributed by atoms with Crippen molar-refractivity contribution in [2.75, 3.05) is 13.7 Å². The number of benzene rings is 1. The zero-order valence-corrected chi connectivity index (χ0v) is 24.6. The molecular weight excluding hydrogens is 496 g/mol. The monoisotopic (exact) mass is 540 g/mol. The number of Topliss-reactive ketones (excluding diaryl/α,β-unsaturated/α-hetero) is 1. The Morgan fingerprint density at radius 1 is 1.13 bits per heavy atom. The van der Waals surface area contributed by atoms with Crippen LogP contribution in [0.3, 0.4) is 0 Å². The molecule has 3 aromatic rings. The minimum Gasteiger partial charge on any atom is -0.493 e. The van der Waals surface area contributed by atoms with Crippen LogP contribution in [0.1, 0.15) is 89.7 Å². The van der Waals surface area contributed by atoms with Crippen molar-refractivity contribution in [2.24, 2.45) is 0 Å². The van der Waals surface area contributed by atoms with E-state index < -0.39 is 0 Å². The number of carbonyl (C=O) groups excluding carboxylic acids is 2. The van der Waals surface area contributed by atoms with Crippen LogP contribution in [0.5, 0.6) is 5.75 Å². The number of aromatic nitrogens is 4. The fourth-order valence-corrected chi connectivity index (χ4v) is 3.43. The summed E-state index contributed by atoms with van der Waals surface area (Å²) >= 11 is 0. The number of unbranched alkanes of at least 4 members (excludes halogenated alkanes) is 1. The van der Waals surface area contributed by atoms with Crippen molar-refractivity contribution in [2.45, 2.75) is 86.6 Å². The number of H-pyrrole nitrogens is 1. The molecule has 0 fully saturated rings. The second-order valence-corrected chi connectivity index (χ2v) is 8.84.